The van der Waals surface area contributed by atoms with Crippen LogP contribution in [0.25, 0.3) is 0 Å². The van der Waals surface area contributed by atoms with Crippen LogP contribution in [0.1, 0.15) is 12.5 Å². The van der Waals surface area contributed by atoms with Gasteiger partial charge in [0.1, 0.15) is 5.75 Å². The highest BCUT2D eigenvalue weighted by molar-refractivity contribution is 7.89. The van der Waals surface area contributed by atoms with Crippen LogP contribution in [0.2, 0.25) is 10.0 Å². The van der Waals surface area contributed by atoms with Gasteiger partial charge in [-0.25, -0.2) is 13.1 Å². The maximum atomic E-state index is 12.4. The molecule has 0 saturated carbocycles. The van der Waals surface area contributed by atoms with Gasteiger partial charge < -0.3 is 4.74 Å². The number of alkyl halides is 3. The predicted octanol–water partition coefficient (Wildman–Crippen LogP) is 4.80. The zero-order chi connectivity index (χ0) is 19.5. The molecule has 0 radical (unpaired) electrons. The van der Waals surface area contributed by atoms with E-state index in [1.54, 1.807) is 25.1 Å². The molecule has 2 rings (SSSR count). The van der Waals surface area contributed by atoms with Crippen molar-refractivity contribution in [2.24, 2.45) is 0 Å². The van der Waals surface area contributed by atoms with Crippen LogP contribution >= 0.6 is 23.2 Å². The minimum atomic E-state index is -4.85. The Balaban J connectivity index is 2.10. The minimum Gasteiger partial charge on any atom is -0.406 e. The molecular weight excluding hydrogens is 414 g/mol. The first-order chi connectivity index (χ1) is 12.0. The largest absolute Gasteiger partial charge is 0.573 e. The molecule has 0 saturated heterocycles. The number of benzene rings is 2. The van der Waals surface area contributed by atoms with E-state index in [1.165, 1.54) is 0 Å². The van der Waals surface area contributed by atoms with Crippen LogP contribution < -0.4 is 9.46 Å². The molecule has 0 spiro atoms. The lowest BCUT2D eigenvalue weighted by Gasteiger charge is -2.16. The molecule has 0 amide bonds. The summed E-state index contributed by atoms with van der Waals surface area (Å²) < 4.78 is 67.3. The second kappa shape index (κ2) is 8.04. The van der Waals surface area contributed by atoms with E-state index in [1.807, 2.05) is 0 Å². The molecule has 4 nitrogen and oxygen atoms in total. The number of hydrogen-bond donors (Lipinski definition) is 1. The molecule has 0 fully saturated rings. The number of halogens is 5. The third kappa shape index (κ3) is 5.77. The van der Waals surface area contributed by atoms with E-state index >= 15 is 0 Å². The van der Waals surface area contributed by atoms with Gasteiger partial charge in [0.05, 0.1) is 4.90 Å². The van der Waals surface area contributed by atoms with Crippen molar-refractivity contribution in [2.75, 3.05) is 0 Å². The van der Waals surface area contributed by atoms with E-state index in [9.17, 15) is 21.6 Å². The number of nitrogens with one attached hydrogen (secondary N) is 1. The van der Waals surface area contributed by atoms with Crippen molar-refractivity contribution in [1.82, 2.24) is 4.72 Å². The highest BCUT2D eigenvalue weighted by Gasteiger charge is 2.31. The van der Waals surface area contributed by atoms with Gasteiger partial charge in [-0.3, -0.25) is 0 Å². The maximum Gasteiger partial charge on any atom is 0.573 e. The molecule has 0 aromatic heterocycles. The monoisotopic (exact) mass is 427 g/mol. The minimum absolute atomic E-state index is 0.191. The van der Waals surface area contributed by atoms with Crippen LogP contribution in [0.4, 0.5) is 13.2 Å². The molecule has 1 unspecified atom stereocenters. The molecule has 0 bridgehead atoms. The zero-order valence-corrected chi connectivity index (χ0v) is 15.7. The van der Waals surface area contributed by atoms with Gasteiger partial charge in [0.2, 0.25) is 10.0 Å². The molecule has 0 aliphatic carbocycles. The summed E-state index contributed by atoms with van der Waals surface area (Å²) in [5.41, 5.74) is 0.597. The predicted molar refractivity (Wildman–Crippen MR) is 93.1 cm³/mol. The highest BCUT2D eigenvalue weighted by atomic mass is 35.5. The summed E-state index contributed by atoms with van der Waals surface area (Å²) in [6, 6.07) is 8.32. The van der Waals surface area contributed by atoms with E-state index in [4.69, 9.17) is 23.2 Å². The fourth-order valence-electron chi connectivity index (χ4n) is 2.23. The van der Waals surface area contributed by atoms with Gasteiger partial charge in [-0.05, 0) is 55.3 Å². The third-order valence-electron chi connectivity index (χ3n) is 3.30. The Hall–Kier alpha value is -1.48. The van der Waals surface area contributed by atoms with Gasteiger partial charge in [0.15, 0.2) is 0 Å². The molecule has 26 heavy (non-hydrogen) atoms. The number of rotatable bonds is 6. The van der Waals surface area contributed by atoms with Crippen LogP contribution in [0.3, 0.4) is 0 Å². The fourth-order valence-corrected chi connectivity index (χ4v) is 4.02. The lowest BCUT2D eigenvalue weighted by atomic mass is 10.1. The second-order valence-corrected chi connectivity index (χ2v) is 7.97. The summed E-state index contributed by atoms with van der Waals surface area (Å²) in [5, 5.41) is 0.828. The lowest BCUT2D eigenvalue weighted by Crippen LogP contribution is -2.34. The number of ether oxygens (including phenoxy) is 1. The molecule has 0 heterocycles. The Labute approximate surface area is 158 Å². The van der Waals surface area contributed by atoms with Crippen LogP contribution in [0.15, 0.2) is 47.4 Å². The summed E-state index contributed by atoms with van der Waals surface area (Å²) in [6.45, 7) is 1.62. The summed E-state index contributed by atoms with van der Waals surface area (Å²) in [5.74, 6) is -0.507. The van der Waals surface area contributed by atoms with E-state index in [-0.39, 0.29) is 11.3 Å². The van der Waals surface area contributed by atoms with Gasteiger partial charge in [0.25, 0.3) is 0 Å². The first-order valence-corrected chi connectivity index (χ1v) is 9.53. The molecule has 0 aliphatic rings. The van der Waals surface area contributed by atoms with Crippen molar-refractivity contribution in [3.8, 4) is 5.75 Å². The van der Waals surface area contributed by atoms with Gasteiger partial charge in [0, 0.05) is 16.1 Å². The molecule has 2 aromatic rings. The maximum absolute atomic E-state index is 12.4. The second-order valence-electron chi connectivity index (χ2n) is 5.45. The highest BCUT2D eigenvalue weighted by Crippen LogP contribution is 2.26. The van der Waals surface area contributed by atoms with E-state index < -0.39 is 28.2 Å². The molecule has 1 atom stereocenters. The fraction of sp³-hybridized carbons (Fsp3) is 0.250. The van der Waals surface area contributed by atoms with Crippen molar-refractivity contribution in [3.63, 3.8) is 0 Å². The Bertz CT molecular complexity index is 851. The Morgan fingerprint density at radius 2 is 1.62 bits per heavy atom. The van der Waals surface area contributed by atoms with Crippen LogP contribution in [-0.2, 0) is 16.4 Å². The third-order valence-corrected chi connectivity index (χ3v) is 5.61. The smallest absolute Gasteiger partial charge is 0.406 e. The van der Waals surface area contributed by atoms with Crippen LogP contribution in [-0.4, -0.2) is 20.8 Å². The molecule has 142 valence electrons. The molecular formula is C16H14Cl2F3NO3S. The van der Waals surface area contributed by atoms with E-state index in [2.05, 4.69) is 9.46 Å². The van der Waals surface area contributed by atoms with Crippen LogP contribution in [0, 0.1) is 0 Å². The van der Waals surface area contributed by atoms with Crippen molar-refractivity contribution < 1.29 is 26.3 Å². The van der Waals surface area contributed by atoms with Gasteiger partial charge in [-0.2, -0.15) is 0 Å². The summed E-state index contributed by atoms with van der Waals surface area (Å²) in [6.07, 6.45) is -4.60. The first kappa shape index (κ1) is 20.8. The lowest BCUT2D eigenvalue weighted by molar-refractivity contribution is -0.274. The zero-order valence-electron chi connectivity index (χ0n) is 13.3. The Morgan fingerprint density at radius 3 is 2.12 bits per heavy atom. The van der Waals surface area contributed by atoms with Crippen molar-refractivity contribution in [1.29, 1.82) is 0 Å². The average Bonchev–Trinajstić information content (AvgIpc) is 2.49. The van der Waals surface area contributed by atoms with Crippen molar-refractivity contribution >= 4 is 33.2 Å². The summed E-state index contributed by atoms with van der Waals surface area (Å²) in [4.78, 5) is -0.191. The number of hydrogen-bond acceptors (Lipinski definition) is 3. The molecule has 0 aliphatic heterocycles. The quantitative estimate of drug-likeness (QED) is 0.719. The summed E-state index contributed by atoms with van der Waals surface area (Å²) in [7, 11) is -3.94. The van der Waals surface area contributed by atoms with Gasteiger partial charge >= 0.3 is 6.36 Å². The average molecular weight is 428 g/mol. The molecule has 10 heteroatoms. The Morgan fingerprint density at radius 1 is 1.08 bits per heavy atom. The van der Waals surface area contributed by atoms with E-state index in [0.717, 1.165) is 24.3 Å². The van der Waals surface area contributed by atoms with E-state index in [0.29, 0.717) is 15.6 Å². The first-order valence-electron chi connectivity index (χ1n) is 7.29. The van der Waals surface area contributed by atoms with Gasteiger partial charge in [-0.15, -0.1) is 13.2 Å². The SMILES string of the molecule is CC(Cc1c(Cl)cccc1Cl)NS(=O)(=O)c1ccc(OC(F)(F)F)cc1. The van der Waals surface area contributed by atoms with Crippen molar-refractivity contribution in [2.45, 2.75) is 30.6 Å². The standard InChI is InChI=1S/C16H14Cl2F3NO3S/c1-10(9-13-14(17)3-2-4-15(13)18)22-26(23,24)12-7-5-11(6-8-12)25-16(19,20)21/h2-8,10,22H,9H2,1H3. The van der Waals surface area contributed by atoms with Crippen LogP contribution in [0.5, 0.6) is 5.75 Å². The van der Waals surface area contributed by atoms with Gasteiger partial charge in [-0.1, -0.05) is 29.3 Å². The molecule has 2 aromatic carbocycles. The van der Waals surface area contributed by atoms with Crippen molar-refractivity contribution in [3.05, 3.63) is 58.1 Å². The topological polar surface area (TPSA) is 55.4 Å². The Kier molecular flexibility index (Phi) is 6.44. The molecule has 1 N–H and O–H groups in total. The summed E-state index contributed by atoms with van der Waals surface area (Å²) >= 11 is 12.1. The normalized spacial score (nSPS) is 13.5. The number of sulfonamides is 1.